The summed E-state index contributed by atoms with van der Waals surface area (Å²) in [5.41, 5.74) is 4.79. The highest BCUT2D eigenvalue weighted by molar-refractivity contribution is 6.26. The van der Waals surface area contributed by atoms with E-state index in [0.717, 1.165) is 27.6 Å². The van der Waals surface area contributed by atoms with Gasteiger partial charge in [0, 0.05) is 40.0 Å². The molecule has 4 heterocycles. The van der Waals surface area contributed by atoms with Crippen LogP contribution in [-0.2, 0) is 26.3 Å². The van der Waals surface area contributed by atoms with Gasteiger partial charge in [-0.1, -0.05) is 35.9 Å². The molecule has 3 N–H and O–H groups in total. The molecule has 200 valence electrons. The SMILES string of the molecule is CC(=O)c1ccc(N2C(=O)[C@@H]3[C@H](Cc4c[nH]c5ccccc45)N[C@@]4(C(=O)Nc5c(C)cc(C)cc54)[C@H]3C2=O)cc1. The quantitative estimate of drug-likeness (QED) is 0.270. The molecule has 4 atom stereocenters. The number of rotatable bonds is 4. The molecule has 1 spiro atoms. The molecule has 40 heavy (non-hydrogen) atoms. The topological polar surface area (TPSA) is 111 Å². The average molecular weight is 533 g/mol. The number of anilines is 2. The summed E-state index contributed by atoms with van der Waals surface area (Å²) in [6.45, 7) is 5.37. The van der Waals surface area contributed by atoms with Crippen molar-refractivity contribution < 1.29 is 19.2 Å². The van der Waals surface area contributed by atoms with E-state index >= 15 is 0 Å². The molecule has 2 saturated heterocycles. The number of nitrogens with one attached hydrogen (secondary N) is 3. The number of hydrogen-bond donors (Lipinski definition) is 3. The van der Waals surface area contributed by atoms with Crippen molar-refractivity contribution in [3.05, 3.63) is 94.7 Å². The molecule has 0 aliphatic carbocycles. The Labute approximate surface area is 230 Å². The molecular weight excluding hydrogens is 504 g/mol. The van der Waals surface area contributed by atoms with Gasteiger partial charge in [0.2, 0.25) is 17.7 Å². The molecule has 0 bridgehead atoms. The molecule has 7 rings (SSSR count). The van der Waals surface area contributed by atoms with Gasteiger partial charge >= 0.3 is 0 Å². The van der Waals surface area contributed by atoms with E-state index in [9.17, 15) is 19.2 Å². The van der Waals surface area contributed by atoms with E-state index in [2.05, 4.69) is 15.6 Å². The molecule has 1 aromatic heterocycles. The Kier molecular flexibility index (Phi) is 5.18. The van der Waals surface area contributed by atoms with Crippen molar-refractivity contribution >= 4 is 45.8 Å². The van der Waals surface area contributed by atoms with Crippen molar-refractivity contribution in [2.24, 2.45) is 11.8 Å². The van der Waals surface area contributed by atoms with Gasteiger partial charge in [0.05, 0.1) is 17.5 Å². The minimum absolute atomic E-state index is 0.102. The van der Waals surface area contributed by atoms with Crippen molar-refractivity contribution in [3.63, 3.8) is 0 Å². The maximum atomic E-state index is 14.3. The van der Waals surface area contributed by atoms with Crippen LogP contribution in [-0.4, -0.2) is 34.5 Å². The Morgan fingerprint density at radius 1 is 0.975 bits per heavy atom. The third kappa shape index (κ3) is 3.23. The number of nitrogens with zero attached hydrogens (tertiary/aromatic N) is 1. The van der Waals surface area contributed by atoms with Crippen LogP contribution < -0.4 is 15.5 Å². The fraction of sp³-hybridized carbons (Fsp3) is 0.250. The minimum atomic E-state index is -1.38. The van der Waals surface area contributed by atoms with Gasteiger partial charge in [0.1, 0.15) is 5.54 Å². The summed E-state index contributed by atoms with van der Waals surface area (Å²) in [6.07, 6.45) is 2.39. The second kappa shape index (κ2) is 8.47. The molecule has 3 amide bonds. The Bertz CT molecular complexity index is 1770. The molecule has 0 unspecified atom stereocenters. The zero-order valence-corrected chi connectivity index (χ0v) is 22.4. The number of fused-ring (bicyclic) bond motifs is 5. The van der Waals surface area contributed by atoms with Gasteiger partial charge in [-0.3, -0.25) is 24.5 Å². The van der Waals surface area contributed by atoms with Crippen molar-refractivity contribution in [2.45, 2.75) is 38.8 Å². The molecule has 3 aliphatic rings. The molecule has 3 aliphatic heterocycles. The zero-order chi connectivity index (χ0) is 27.9. The van der Waals surface area contributed by atoms with Crippen LogP contribution in [0.4, 0.5) is 11.4 Å². The van der Waals surface area contributed by atoms with Gasteiger partial charge in [-0.2, -0.15) is 0 Å². The number of aromatic amines is 1. The monoisotopic (exact) mass is 532 g/mol. The number of Topliss-reactive ketones (excluding diaryl/α,β-unsaturated/α-hetero) is 1. The lowest BCUT2D eigenvalue weighted by atomic mass is 9.75. The van der Waals surface area contributed by atoms with Gasteiger partial charge in [-0.25, -0.2) is 4.90 Å². The highest BCUT2D eigenvalue weighted by atomic mass is 16.2. The second-order valence-electron chi connectivity index (χ2n) is 11.2. The number of imide groups is 1. The van der Waals surface area contributed by atoms with Crippen molar-refractivity contribution in [1.82, 2.24) is 10.3 Å². The number of carbonyl (C=O) groups is 4. The van der Waals surface area contributed by atoms with Crippen LogP contribution in [0.5, 0.6) is 0 Å². The van der Waals surface area contributed by atoms with Crippen molar-refractivity contribution in [1.29, 1.82) is 0 Å². The van der Waals surface area contributed by atoms with Gasteiger partial charge in [0.25, 0.3) is 0 Å². The predicted octanol–water partition coefficient (Wildman–Crippen LogP) is 4.16. The van der Waals surface area contributed by atoms with Crippen LogP contribution in [0.15, 0.2) is 66.9 Å². The first kappa shape index (κ1) is 24.5. The maximum absolute atomic E-state index is 14.3. The van der Waals surface area contributed by atoms with Gasteiger partial charge < -0.3 is 10.3 Å². The lowest BCUT2D eigenvalue weighted by Crippen LogP contribution is -2.53. The standard InChI is InChI=1S/C32H28N4O4/c1-16-12-17(2)28-23(13-16)32(31(40)34-28)27-26(25(35-32)14-20-15-33-24-7-5-4-6-22(20)24)29(38)36(30(27)39)21-10-8-19(9-11-21)18(3)37/h4-13,15,25-27,33,35H,14H2,1-3H3,(H,34,40)/t25-,26+,27+,32+/m0/s1. The maximum Gasteiger partial charge on any atom is 0.250 e. The summed E-state index contributed by atoms with van der Waals surface area (Å²) in [7, 11) is 0. The lowest BCUT2D eigenvalue weighted by Gasteiger charge is -2.30. The van der Waals surface area contributed by atoms with Crippen LogP contribution in [0.3, 0.4) is 0 Å². The Morgan fingerprint density at radius 3 is 2.48 bits per heavy atom. The zero-order valence-electron chi connectivity index (χ0n) is 22.4. The lowest BCUT2D eigenvalue weighted by molar-refractivity contribution is -0.130. The number of amides is 3. The Balaban J connectivity index is 1.38. The van der Waals surface area contributed by atoms with Gasteiger partial charge in [-0.15, -0.1) is 0 Å². The van der Waals surface area contributed by atoms with Crippen LogP contribution in [0.1, 0.15) is 39.5 Å². The van der Waals surface area contributed by atoms with E-state index in [-0.39, 0.29) is 17.6 Å². The van der Waals surface area contributed by atoms with E-state index in [4.69, 9.17) is 0 Å². The van der Waals surface area contributed by atoms with Crippen LogP contribution in [0.25, 0.3) is 10.9 Å². The Morgan fingerprint density at radius 2 is 1.73 bits per heavy atom. The Hall–Kier alpha value is -4.56. The normalized spacial score (nSPS) is 25.1. The van der Waals surface area contributed by atoms with Crippen molar-refractivity contribution in [2.75, 3.05) is 10.2 Å². The van der Waals surface area contributed by atoms with Crippen LogP contribution in [0.2, 0.25) is 0 Å². The number of H-pyrrole nitrogens is 1. The first-order valence-corrected chi connectivity index (χ1v) is 13.5. The van der Waals surface area contributed by atoms with E-state index in [0.29, 0.717) is 28.9 Å². The fourth-order valence-corrected chi connectivity index (χ4v) is 7.07. The van der Waals surface area contributed by atoms with E-state index < -0.39 is 29.3 Å². The smallest absolute Gasteiger partial charge is 0.250 e. The van der Waals surface area contributed by atoms with E-state index in [1.807, 2.05) is 56.4 Å². The number of ketones is 1. The average Bonchev–Trinajstić information content (AvgIpc) is 3.64. The van der Waals surface area contributed by atoms with E-state index in [1.165, 1.54) is 11.8 Å². The predicted molar refractivity (Wildman–Crippen MR) is 151 cm³/mol. The summed E-state index contributed by atoms with van der Waals surface area (Å²) in [5.74, 6) is -2.86. The summed E-state index contributed by atoms with van der Waals surface area (Å²) in [6, 6.07) is 17.9. The van der Waals surface area contributed by atoms with Gasteiger partial charge in [-0.05, 0) is 68.7 Å². The fourth-order valence-electron chi connectivity index (χ4n) is 7.07. The third-order valence-electron chi connectivity index (χ3n) is 8.81. The molecule has 2 fully saturated rings. The molecule has 8 nitrogen and oxygen atoms in total. The summed E-state index contributed by atoms with van der Waals surface area (Å²) in [5, 5.41) is 7.62. The molecule has 4 aromatic rings. The molecule has 0 saturated carbocycles. The number of hydrogen-bond acceptors (Lipinski definition) is 5. The molecule has 8 heteroatoms. The second-order valence-corrected chi connectivity index (χ2v) is 11.2. The first-order chi connectivity index (χ1) is 19.2. The molecular formula is C32H28N4O4. The van der Waals surface area contributed by atoms with Gasteiger partial charge in [0.15, 0.2) is 5.78 Å². The van der Waals surface area contributed by atoms with Crippen LogP contribution >= 0.6 is 0 Å². The van der Waals surface area contributed by atoms with E-state index in [1.54, 1.807) is 24.3 Å². The third-order valence-corrected chi connectivity index (χ3v) is 8.81. The van der Waals surface area contributed by atoms with Crippen LogP contribution in [0, 0.1) is 25.7 Å². The number of aromatic nitrogens is 1. The number of benzene rings is 3. The summed E-state index contributed by atoms with van der Waals surface area (Å²) >= 11 is 0. The largest absolute Gasteiger partial charge is 0.361 e. The van der Waals surface area contributed by atoms with Crippen molar-refractivity contribution in [3.8, 4) is 0 Å². The highest BCUT2D eigenvalue weighted by Gasteiger charge is 2.70. The minimum Gasteiger partial charge on any atom is -0.361 e. The summed E-state index contributed by atoms with van der Waals surface area (Å²) < 4.78 is 0. The number of aryl methyl sites for hydroxylation is 2. The molecule has 3 aromatic carbocycles. The first-order valence-electron chi connectivity index (χ1n) is 13.5. The number of carbonyl (C=O) groups excluding carboxylic acids is 4. The number of para-hydroxylation sites is 1. The molecule has 0 radical (unpaired) electrons. The summed E-state index contributed by atoms with van der Waals surface area (Å²) in [4.78, 5) is 58.7. The highest BCUT2D eigenvalue weighted by Crippen LogP contribution is 2.54.